The van der Waals surface area contributed by atoms with Gasteiger partial charge in [-0.3, -0.25) is 0 Å². The molecule has 0 saturated heterocycles. The van der Waals surface area contributed by atoms with E-state index in [4.69, 9.17) is 0 Å². The van der Waals surface area contributed by atoms with Crippen LogP contribution in [0.25, 0.3) is 16.7 Å². The highest BCUT2D eigenvalue weighted by molar-refractivity contribution is 6.15. The zero-order valence-corrected chi connectivity index (χ0v) is 10.4. The molecule has 2 aromatic rings. The van der Waals surface area contributed by atoms with Crippen LogP contribution in [0, 0.1) is 0 Å². The smallest absolute Gasteiger partial charge is 0.336 e. The predicted molar refractivity (Wildman–Crippen MR) is 77.7 cm³/mol. The molecule has 1 N–H and O–H groups in total. The Morgan fingerprint density at radius 2 is 1.68 bits per heavy atom. The first-order valence-electron chi connectivity index (χ1n) is 5.94. The molecule has 0 aliphatic rings. The van der Waals surface area contributed by atoms with Crippen molar-refractivity contribution in [3.8, 4) is 11.1 Å². The second kappa shape index (κ2) is 5.83. The largest absolute Gasteiger partial charge is 0.478 e. The number of hydrogen-bond acceptors (Lipinski definition) is 1. The summed E-state index contributed by atoms with van der Waals surface area (Å²) in [4.78, 5) is 11.2. The van der Waals surface area contributed by atoms with Gasteiger partial charge >= 0.3 is 5.97 Å². The highest BCUT2D eigenvalue weighted by Crippen LogP contribution is 2.23. The summed E-state index contributed by atoms with van der Waals surface area (Å²) >= 11 is 0. The second-order valence-corrected chi connectivity index (χ2v) is 4.07. The molecule has 0 saturated carbocycles. The van der Waals surface area contributed by atoms with Crippen LogP contribution in [-0.2, 0) is 4.79 Å². The lowest BCUT2D eigenvalue weighted by molar-refractivity contribution is -0.130. The summed E-state index contributed by atoms with van der Waals surface area (Å²) in [5.41, 5.74) is 2.98. The number of aliphatic carboxylic acids is 1. The van der Waals surface area contributed by atoms with Crippen LogP contribution in [0.4, 0.5) is 0 Å². The number of allylic oxidation sites excluding steroid dienone is 2. The Kier molecular flexibility index (Phi) is 3.94. The summed E-state index contributed by atoms with van der Waals surface area (Å²) in [6.07, 6.45) is 2.99. The molecule has 0 unspecified atom stereocenters. The van der Waals surface area contributed by atoms with Crippen molar-refractivity contribution in [2.45, 2.75) is 0 Å². The Morgan fingerprint density at radius 1 is 1.00 bits per heavy atom. The molecule has 0 aliphatic heterocycles. The van der Waals surface area contributed by atoms with Gasteiger partial charge in [-0.15, -0.1) is 0 Å². The van der Waals surface area contributed by atoms with E-state index in [9.17, 15) is 9.90 Å². The summed E-state index contributed by atoms with van der Waals surface area (Å²) < 4.78 is 0. The monoisotopic (exact) mass is 250 g/mol. The van der Waals surface area contributed by atoms with E-state index < -0.39 is 5.97 Å². The van der Waals surface area contributed by atoms with Crippen LogP contribution in [0.3, 0.4) is 0 Å². The minimum absolute atomic E-state index is 0.243. The topological polar surface area (TPSA) is 37.3 Å². The maximum Gasteiger partial charge on any atom is 0.336 e. The SMILES string of the molecule is C=CC=C(C(=O)O)c1cccc(-c2ccccc2)c1. The van der Waals surface area contributed by atoms with Crippen LogP contribution in [0.15, 0.2) is 73.3 Å². The highest BCUT2D eigenvalue weighted by atomic mass is 16.4. The molecule has 0 aliphatic carbocycles. The van der Waals surface area contributed by atoms with Gasteiger partial charge in [-0.2, -0.15) is 0 Å². The zero-order chi connectivity index (χ0) is 13.7. The van der Waals surface area contributed by atoms with E-state index in [0.29, 0.717) is 5.56 Å². The Hall–Kier alpha value is -2.61. The van der Waals surface area contributed by atoms with Crippen molar-refractivity contribution in [1.29, 1.82) is 0 Å². The molecule has 0 bridgehead atoms. The molecule has 0 radical (unpaired) electrons. The normalized spacial score (nSPS) is 11.1. The van der Waals surface area contributed by atoms with E-state index in [0.717, 1.165) is 11.1 Å². The van der Waals surface area contributed by atoms with Crippen molar-refractivity contribution >= 4 is 11.5 Å². The average Bonchev–Trinajstić information content (AvgIpc) is 2.45. The molecular formula is C17H14O2. The fraction of sp³-hybridized carbons (Fsp3) is 0. The van der Waals surface area contributed by atoms with E-state index in [1.165, 1.54) is 12.2 Å². The van der Waals surface area contributed by atoms with Gasteiger partial charge in [-0.25, -0.2) is 4.79 Å². The van der Waals surface area contributed by atoms with Crippen LogP contribution in [0.1, 0.15) is 5.56 Å². The third-order valence-corrected chi connectivity index (χ3v) is 2.80. The summed E-state index contributed by atoms with van der Waals surface area (Å²) in [6.45, 7) is 3.55. The lowest BCUT2D eigenvalue weighted by Gasteiger charge is -2.06. The molecule has 0 amide bonds. The minimum Gasteiger partial charge on any atom is -0.478 e. The number of carbonyl (C=O) groups is 1. The van der Waals surface area contributed by atoms with E-state index in [2.05, 4.69) is 6.58 Å². The van der Waals surface area contributed by atoms with Crippen molar-refractivity contribution in [2.75, 3.05) is 0 Å². The van der Waals surface area contributed by atoms with Crippen LogP contribution in [-0.4, -0.2) is 11.1 Å². The average molecular weight is 250 g/mol. The van der Waals surface area contributed by atoms with Gasteiger partial charge in [0.2, 0.25) is 0 Å². The summed E-state index contributed by atoms with van der Waals surface area (Å²) in [5.74, 6) is -0.954. The number of hydrogen-bond donors (Lipinski definition) is 1. The van der Waals surface area contributed by atoms with Gasteiger partial charge in [-0.1, -0.05) is 61.2 Å². The maximum atomic E-state index is 11.2. The van der Waals surface area contributed by atoms with Gasteiger partial charge in [-0.05, 0) is 28.8 Å². The fourth-order valence-corrected chi connectivity index (χ4v) is 1.91. The first kappa shape index (κ1) is 12.8. The second-order valence-electron chi connectivity index (χ2n) is 4.07. The molecule has 94 valence electrons. The van der Waals surface area contributed by atoms with Gasteiger partial charge in [0, 0.05) is 0 Å². The third-order valence-electron chi connectivity index (χ3n) is 2.80. The molecule has 0 heterocycles. The van der Waals surface area contributed by atoms with Gasteiger partial charge < -0.3 is 5.11 Å². The quantitative estimate of drug-likeness (QED) is 0.657. The molecule has 0 atom stereocenters. The molecule has 0 fully saturated rings. The van der Waals surface area contributed by atoms with Gasteiger partial charge in [0.25, 0.3) is 0 Å². The Balaban J connectivity index is 2.48. The first-order valence-corrected chi connectivity index (χ1v) is 5.94. The molecule has 2 nitrogen and oxygen atoms in total. The van der Waals surface area contributed by atoms with Crippen molar-refractivity contribution in [1.82, 2.24) is 0 Å². The first-order chi connectivity index (χ1) is 9.22. The number of rotatable bonds is 4. The van der Waals surface area contributed by atoms with Crippen LogP contribution in [0.2, 0.25) is 0 Å². The van der Waals surface area contributed by atoms with Crippen LogP contribution >= 0.6 is 0 Å². The Labute approximate surface area is 112 Å². The van der Waals surface area contributed by atoms with Crippen molar-refractivity contribution < 1.29 is 9.90 Å². The molecular weight excluding hydrogens is 236 g/mol. The molecule has 2 heteroatoms. The Morgan fingerprint density at radius 3 is 2.32 bits per heavy atom. The van der Waals surface area contributed by atoms with Crippen LogP contribution in [0.5, 0.6) is 0 Å². The molecule has 2 aromatic carbocycles. The summed E-state index contributed by atoms with van der Waals surface area (Å²) in [6, 6.07) is 17.3. The van der Waals surface area contributed by atoms with E-state index in [1.807, 2.05) is 48.5 Å². The summed E-state index contributed by atoms with van der Waals surface area (Å²) in [5, 5.41) is 9.20. The van der Waals surface area contributed by atoms with Crippen molar-refractivity contribution in [2.24, 2.45) is 0 Å². The van der Waals surface area contributed by atoms with Crippen LogP contribution < -0.4 is 0 Å². The lowest BCUT2D eigenvalue weighted by Crippen LogP contribution is -1.99. The maximum absolute atomic E-state index is 11.2. The van der Waals surface area contributed by atoms with Crippen molar-refractivity contribution in [3.05, 3.63) is 78.9 Å². The fourth-order valence-electron chi connectivity index (χ4n) is 1.91. The standard InChI is InChI=1S/C17H14O2/c1-2-7-16(17(18)19)15-11-6-10-14(12-15)13-8-4-3-5-9-13/h2-12H,1H2,(H,18,19). The summed E-state index contributed by atoms with van der Waals surface area (Å²) in [7, 11) is 0. The lowest BCUT2D eigenvalue weighted by atomic mass is 9.99. The highest BCUT2D eigenvalue weighted by Gasteiger charge is 2.10. The number of carboxylic acid groups (broad SMARTS) is 1. The van der Waals surface area contributed by atoms with Crippen molar-refractivity contribution in [3.63, 3.8) is 0 Å². The number of carboxylic acids is 1. The van der Waals surface area contributed by atoms with E-state index in [1.54, 1.807) is 6.07 Å². The van der Waals surface area contributed by atoms with Gasteiger partial charge in [0.1, 0.15) is 0 Å². The minimum atomic E-state index is -0.954. The molecule has 2 rings (SSSR count). The zero-order valence-electron chi connectivity index (χ0n) is 10.4. The Bertz CT molecular complexity index is 625. The predicted octanol–water partition coefficient (Wildman–Crippen LogP) is 4.01. The third kappa shape index (κ3) is 2.99. The van der Waals surface area contributed by atoms with Gasteiger partial charge in [0.15, 0.2) is 0 Å². The molecule has 0 spiro atoms. The molecule has 19 heavy (non-hydrogen) atoms. The molecule has 0 aromatic heterocycles. The van der Waals surface area contributed by atoms with E-state index >= 15 is 0 Å². The van der Waals surface area contributed by atoms with Gasteiger partial charge in [0.05, 0.1) is 5.57 Å². The van der Waals surface area contributed by atoms with E-state index in [-0.39, 0.29) is 5.57 Å². The number of benzene rings is 2.